The molecule has 2 aromatic carbocycles. The minimum absolute atomic E-state index is 0.126. The van der Waals surface area contributed by atoms with E-state index in [4.69, 9.17) is 18.9 Å². The van der Waals surface area contributed by atoms with E-state index in [9.17, 15) is 4.79 Å². The van der Waals surface area contributed by atoms with Crippen molar-refractivity contribution in [3.63, 3.8) is 0 Å². The third-order valence-electron chi connectivity index (χ3n) is 5.82. The van der Waals surface area contributed by atoms with Gasteiger partial charge in [-0.25, -0.2) is 4.98 Å². The number of carbonyl (C=O) groups excluding carboxylic acids is 1. The summed E-state index contributed by atoms with van der Waals surface area (Å²) in [5, 5.41) is 5.67. The molecule has 1 aromatic heterocycles. The van der Waals surface area contributed by atoms with E-state index in [0.29, 0.717) is 42.7 Å². The summed E-state index contributed by atoms with van der Waals surface area (Å²) >= 11 is 1.51. The highest BCUT2D eigenvalue weighted by atomic mass is 32.1. The summed E-state index contributed by atoms with van der Waals surface area (Å²) in [4.78, 5) is 19.4. The Hall–Kier alpha value is -3.30. The largest absolute Gasteiger partial charge is 0.493 e. The van der Waals surface area contributed by atoms with E-state index in [0.717, 1.165) is 40.6 Å². The van der Waals surface area contributed by atoms with Gasteiger partial charge in [-0.1, -0.05) is 26.0 Å². The highest BCUT2D eigenvalue weighted by Crippen LogP contribution is 2.33. The van der Waals surface area contributed by atoms with Crippen LogP contribution in [0, 0.1) is 5.92 Å². The zero-order chi connectivity index (χ0) is 25.5. The van der Waals surface area contributed by atoms with Gasteiger partial charge in [-0.2, -0.15) is 0 Å². The molecule has 36 heavy (non-hydrogen) atoms. The van der Waals surface area contributed by atoms with E-state index >= 15 is 0 Å². The summed E-state index contributed by atoms with van der Waals surface area (Å²) in [6, 6.07) is 12.0. The number of hydrogen-bond acceptors (Lipinski definition) is 8. The second kappa shape index (κ2) is 12.1. The molecule has 192 valence electrons. The molecule has 1 N–H and O–H groups in total. The predicted molar refractivity (Wildman–Crippen MR) is 139 cm³/mol. The van der Waals surface area contributed by atoms with E-state index in [1.165, 1.54) is 11.3 Å². The molecule has 0 radical (unpaired) electrons. The zero-order valence-electron chi connectivity index (χ0n) is 21.2. The van der Waals surface area contributed by atoms with Crippen LogP contribution in [-0.4, -0.2) is 49.9 Å². The van der Waals surface area contributed by atoms with E-state index in [2.05, 4.69) is 41.2 Å². The molecule has 0 unspecified atom stereocenters. The standard InChI is InChI=1S/C27H33N3O5S/c1-18(2)13-28-27(31)21-16-36-26(29-21)15-30(14-20-6-8-23-25(12-20)35-17-34-23)10-9-19-5-7-22(32-3)24(11-19)33-4/h5-8,11-12,16,18H,9-10,13-15,17H2,1-4H3,(H,28,31). The molecular formula is C27H33N3O5S. The fraction of sp³-hybridized carbons (Fsp3) is 0.407. The third-order valence-corrected chi connectivity index (χ3v) is 6.66. The van der Waals surface area contributed by atoms with E-state index in [1.54, 1.807) is 14.2 Å². The number of benzene rings is 2. The molecular weight excluding hydrogens is 478 g/mol. The maximum Gasteiger partial charge on any atom is 0.270 e. The molecule has 0 bridgehead atoms. The van der Waals surface area contributed by atoms with Gasteiger partial charge in [-0.3, -0.25) is 9.69 Å². The first-order chi connectivity index (χ1) is 17.4. The number of methoxy groups -OCH3 is 2. The summed E-state index contributed by atoms with van der Waals surface area (Å²) in [7, 11) is 3.28. The second-order valence-electron chi connectivity index (χ2n) is 9.07. The first-order valence-corrected chi connectivity index (χ1v) is 12.9. The third kappa shape index (κ3) is 6.67. The van der Waals surface area contributed by atoms with Gasteiger partial charge in [-0.15, -0.1) is 11.3 Å². The van der Waals surface area contributed by atoms with Crippen LogP contribution < -0.4 is 24.3 Å². The van der Waals surface area contributed by atoms with Crippen molar-refractivity contribution >= 4 is 17.2 Å². The number of nitrogens with zero attached hydrogens (tertiary/aromatic N) is 2. The van der Waals surface area contributed by atoms with Crippen LogP contribution in [0.5, 0.6) is 23.0 Å². The quantitative estimate of drug-likeness (QED) is 0.383. The van der Waals surface area contributed by atoms with Gasteiger partial charge >= 0.3 is 0 Å². The van der Waals surface area contributed by atoms with E-state index in [-0.39, 0.29) is 12.7 Å². The average molecular weight is 512 g/mol. The van der Waals surface area contributed by atoms with Gasteiger partial charge in [0.15, 0.2) is 23.0 Å². The molecule has 2 heterocycles. The predicted octanol–water partition coefficient (Wildman–Crippen LogP) is 4.52. The lowest BCUT2D eigenvalue weighted by molar-refractivity contribution is 0.0944. The topological polar surface area (TPSA) is 82.2 Å². The molecule has 0 atom stereocenters. The summed E-state index contributed by atoms with van der Waals surface area (Å²) in [6.07, 6.45) is 0.817. The van der Waals surface area contributed by atoms with Crippen LogP contribution in [0.25, 0.3) is 0 Å². The lowest BCUT2D eigenvalue weighted by Gasteiger charge is -2.22. The number of nitrogens with one attached hydrogen (secondary N) is 1. The maximum atomic E-state index is 12.4. The van der Waals surface area contributed by atoms with Crippen LogP contribution in [0.15, 0.2) is 41.8 Å². The van der Waals surface area contributed by atoms with Crippen molar-refractivity contribution in [2.24, 2.45) is 5.92 Å². The SMILES string of the molecule is COc1ccc(CCN(Cc2ccc3c(c2)OCO3)Cc2nc(C(=O)NCC(C)C)cs2)cc1OC. The molecule has 4 rings (SSSR count). The lowest BCUT2D eigenvalue weighted by Crippen LogP contribution is -2.28. The smallest absolute Gasteiger partial charge is 0.270 e. The zero-order valence-corrected chi connectivity index (χ0v) is 22.0. The summed E-state index contributed by atoms with van der Waals surface area (Å²) in [5.74, 6) is 3.23. The van der Waals surface area contributed by atoms with Gasteiger partial charge < -0.3 is 24.3 Å². The van der Waals surface area contributed by atoms with Crippen LogP contribution in [0.2, 0.25) is 0 Å². The first-order valence-electron chi connectivity index (χ1n) is 12.0. The Bertz CT molecular complexity index is 1180. The van der Waals surface area contributed by atoms with Crippen molar-refractivity contribution < 1.29 is 23.7 Å². The highest BCUT2D eigenvalue weighted by molar-refractivity contribution is 7.09. The van der Waals surface area contributed by atoms with Gasteiger partial charge in [0.1, 0.15) is 10.7 Å². The average Bonchev–Trinajstić information content (AvgIpc) is 3.55. The first kappa shape index (κ1) is 25.8. The number of carbonyl (C=O) groups is 1. The van der Waals surface area contributed by atoms with Gasteiger partial charge in [0, 0.05) is 25.0 Å². The number of ether oxygens (including phenoxy) is 4. The Morgan fingerprint density at radius 1 is 1.06 bits per heavy atom. The van der Waals surface area contributed by atoms with Crippen molar-refractivity contribution in [3.8, 4) is 23.0 Å². The maximum absolute atomic E-state index is 12.4. The van der Waals surface area contributed by atoms with Crippen molar-refractivity contribution in [1.29, 1.82) is 0 Å². The van der Waals surface area contributed by atoms with Gasteiger partial charge in [-0.05, 0) is 47.7 Å². The molecule has 8 nitrogen and oxygen atoms in total. The van der Waals surface area contributed by atoms with Gasteiger partial charge in [0.2, 0.25) is 6.79 Å². The Morgan fingerprint density at radius 3 is 2.61 bits per heavy atom. The minimum atomic E-state index is -0.126. The number of amides is 1. The highest BCUT2D eigenvalue weighted by Gasteiger charge is 2.17. The number of thiazole rings is 1. The number of rotatable bonds is 12. The normalized spacial score (nSPS) is 12.3. The molecule has 0 saturated carbocycles. The van der Waals surface area contributed by atoms with Crippen molar-refractivity contribution in [3.05, 3.63) is 63.6 Å². The molecule has 1 aliphatic rings. The van der Waals surface area contributed by atoms with Gasteiger partial charge in [0.25, 0.3) is 5.91 Å². The van der Waals surface area contributed by atoms with Crippen molar-refractivity contribution in [1.82, 2.24) is 15.2 Å². The summed E-state index contributed by atoms with van der Waals surface area (Å²) < 4.78 is 21.9. The van der Waals surface area contributed by atoms with Crippen LogP contribution in [0.1, 0.15) is 40.5 Å². The van der Waals surface area contributed by atoms with Crippen LogP contribution in [0.3, 0.4) is 0 Å². The Balaban J connectivity index is 1.47. The fourth-order valence-corrected chi connectivity index (χ4v) is 4.72. The lowest BCUT2D eigenvalue weighted by atomic mass is 10.1. The van der Waals surface area contributed by atoms with Crippen LogP contribution in [0.4, 0.5) is 0 Å². The summed E-state index contributed by atoms with van der Waals surface area (Å²) in [5.41, 5.74) is 2.74. The Labute approximate surface area is 216 Å². The number of hydrogen-bond donors (Lipinski definition) is 1. The fourth-order valence-electron chi connectivity index (χ4n) is 3.90. The Kier molecular flexibility index (Phi) is 8.66. The van der Waals surface area contributed by atoms with E-state index < -0.39 is 0 Å². The molecule has 0 fully saturated rings. The van der Waals surface area contributed by atoms with Crippen molar-refractivity contribution in [2.75, 3.05) is 34.1 Å². The monoisotopic (exact) mass is 511 g/mol. The van der Waals surface area contributed by atoms with Crippen LogP contribution in [-0.2, 0) is 19.5 Å². The van der Waals surface area contributed by atoms with Crippen molar-refractivity contribution in [2.45, 2.75) is 33.4 Å². The molecule has 1 amide bonds. The minimum Gasteiger partial charge on any atom is -0.493 e. The molecule has 0 spiro atoms. The van der Waals surface area contributed by atoms with Crippen LogP contribution >= 0.6 is 11.3 Å². The number of aromatic nitrogens is 1. The van der Waals surface area contributed by atoms with Gasteiger partial charge in [0.05, 0.1) is 20.8 Å². The Morgan fingerprint density at radius 2 is 1.83 bits per heavy atom. The van der Waals surface area contributed by atoms with E-state index in [1.807, 2.05) is 29.6 Å². The second-order valence-corrected chi connectivity index (χ2v) is 10.0. The molecule has 0 saturated heterocycles. The number of fused-ring (bicyclic) bond motifs is 1. The molecule has 3 aromatic rings. The molecule has 0 aliphatic carbocycles. The molecule has 9 heteroatoms. The summed E-state index contributed by atoms with van der Waals surface area (Å²) in [6.45, 7) is 7.15. The molecule has 1 aliphatic heterocycles.